The van der Waals surface area contributed by atoms with Crippen molar-refractivity contribution in [1.82, 2.24) is 5.32 Å². The van der Waals surface area contributed by atoms with Gasteiger partial charge in [-0.15, -0.1) is 0 Å². The average Bonchev–Trinajstić information content (AvgIpc) is 2.37. The zero-order chi connectivity index (χ0) is 14.8. The predicted octanol–water partition coefficient (Wildman–Crippen LogP) is 2.34. The van der Waals surface area contributed by atoms with Gasteiger partial charge in [0.25, 0.3) is 0 Å². The van der Waals surface area contributed by atoms with Gasteiger partial charge in [0.2, 0.25) is 0 Å². The zero-order valence-electron chi connectivity index (χ0n) is 12.4. The molecule has 5 nitrogen and oxygen atoms in total. The highest BCUT2D eigenvalue weighted by Gasteiger charge is 2.22. The number of hydrogen-bond donors (Lipinski definition) is 2. The van der Waals surface area contributed by atoms with Gasteiger partial charge < -0.3 is 9.84 Å². The van der Waals surface area contributed by atoms with Gasteiger partial charge in [0, 0.05) is 0 Å². The van der Waals surface area contributed by atoms with Gasteiger partial charge in [0.1, 0.15) is 18.2 Å². The molecule has 0 heterocycles. The van der Waals surface area contributed by atoms with Crippen LogP contribution in [0.3, 0.4) is 0 Å². The summed E-state index contributed by atoms with van der Waals surface area (Å²) in [7, 11) is 0. The second-order valence-corrected chi connectivity index (χ2v) is 4.91. The van der Waals surface area contributed by atoms with Crippen LogP contribution in [0.2, 0.25) is 0 Å². The van der Waals surface area contributed by atoms with Crippen molar-refractivity contribution < 1.29 is 19.4 Å². The Morgan fingerprint density at radius 2 is 1.79 bits per heavy atom. The van der Waals surface area contributed by atoms with Gasteiger partial charge >= 0.3 is 11.9 Å². The number of esters is 1. The molecule has 0 radical (unpaired) electrons. The molecule has 19 heavy (non-hydrogen) atoms. The number of carbonyl (C=O) groups excluding carboxylic acids is 1. The summed E-state index contributed by atoms with van der Waals surface area (Å²) in [5.41, 5.74) is 0. The van der Waals surface area contributed by atoms with Crippen molar-refractivity contribution in [3.8, 4) is 0 Å². The summed E-state index contributed by atoms with van der Waals surface area (Å²) >= 11 is 0. The SMILES string of the molecule is CCCCCC(CC)OC(=O)C(C)NC(C)C(=O)O. The van der Waals surface area contributed by atoms with Crippen LogP contribution in [0.25, 0.3) is 0 Å². The number of carboxylic acid groups (broad SMARTS) is 1. The van der Waals surface area contributed by atoms with Crippen LogP contribution in [-0.4, -0.2) is 35.2 Å². The molecule has 0 fully saturated rings. The molecule has 5 heteroatoms. The highest BCUT2D eigenvalue weighted by atomic mass is 16.5. The third-order valence-electron chi connectivity index (χ3n) is 3.09. The van der Waals surface area contributed by atoms with Crippen LogP contribution < -0.4 is 5.32 Å². The fourth-order valence-electron chi connectivity index (χ4n) is 1.75. The largest absolute Gasteiger partial charge is 0.480 e. The van der Waals surface area contributed by atoms with Gasteiger partial charge in [-0.3, -0.25) is 14.9 Å². The van der Waals surface area contributed by atoms with Gasteiger partial charge in [-0.25, -0.2) is 0 Å². The predicted molar refractivity (Wildman–Crippen MR) is 74.0 cm³/mol. The maximum atomic E-state index is 11.8. The molecule has 0 saturated heterocycles. The average molecular weight is 273 g/mol. The monoisotopic (exact) mass is 273 g/mol. The molecule has 2 N–H and O–H groups in total. The molecule has 0 aliphatic rings. The van der Waals surface area contributed by atoms with E-state index in [1.165, 1.54) is 6.92 Å². The van der Waals surface area contributed by atoms with E-state index >= 15 is 0 Å². The minimum atomic E-state index is -0.977. The molecular weight excluding hydrogens is 246 g/mol. The lowest BCUT2D eigenvalue weighted by atomic mass is 10.1. The van der Waals surface area contributed by atoms with Gasteiger partial charge in [-0.05, 0) is 33.1 Å². The molecule has 0 aliphatic heterocycles. The standard InChI is InChI=1S/C14H27NO4/c1-5-7-8-9-12(6-2)19-14(18)11(4)15-10(3)13(16)17/h10-12,15H,5-9H2,1-4H3,(H,16,17). The number of rotatable bonds is 10. The Kier molecular flexibility index (Phi) is 9.21. The number of nitrogens with one attached hydrogen (secondary N) is 1. The first-order valence-corrected chi connectivity index (χ1v) is 7.11. The van der Waals surface area contributed by atoms with Crippen molar-refractivity contribution in [2.24, 2.45) is 0 Å². The second kappa shape index (κ2) is 9.78. The third kappa shape index (κ3) is 7.82. The highest BCUT2D eigenvalue weighted by molar-refractivity contribution is 5.78. The maximum Gasteiger partial charge on any atom is 0.323 e. The quantitative estimate of drug-likeness (QED) is 0.472. The van der Waals surface area contributed by atoms with E-state index in [0.29, 0.717) is 0 Å². The summed E-state index contributed by atoms with van der Waals surface area (Å²) < 4.78 is 5.39. The number of carboxylic acids is 1. The minimum absolute atomic E-state index is 0.0663. The Morgan fingerprint density at radius 3 is 2.26 bits per heavy atom. The van der Waals surface area contributed by atoms with Gasteiger partial charge in [-0.1, -0.05) is 26.7 Å². The number of ether oxygens (including phenoxy) is 1. The Labute approximate surface area is 115 Å². The van der Waals surface area contributed by atoms with E-state index in [-0.39, 0.29) is 12.1 Å². The lowest BCUT2D eigenvalue weighted by molar-refractivity contribution is -0.152. The molecule has 112 valence electrons. The fourth-order valence-corrected chi connectivity index (χ4v) is 1.75. The van der Waals surface area contributed by atoms with Crippen molar-refractivity contribution in [3.63, 3.8) is 0 Å². The molecule has 3 atom stereocenters. The number of unbranched alkanes of at least 4 members (excludes halogenated alkanes) is 2. The van der Waals surface area contributed by atoms with Crippen LogP contribution in [0, 0.1) is 0 Å². The van der Waals surface area contributed by atoms with Crippen LogP contribution in [0.4, 0.5) is 0 Å². The van der Waals surface area contributed by atoms with Gasteiger partial charge in [0.05, 0.1) is 0 Å². The Hall–Kier alpha value is -1.10. The summed E-state index contributed by atoms with van der Waals surface area (Å²) in [6.45, 7) is 7.25. The molecule has 0 aromatic heterocycles. The van der Waals surface area contributed by atoms with Crippen molar-refractivity contribution in [1.29, 1.82) is 0 Å². The van der Waals surface area contributed by atoms with Gasteiger partial charge in [-0.2, -0.15) is 0 Å². The van der Waals surface area contributed by atoms with E-state index in [1.807, 2.05) is 6.92 Å². The van der Waals surface area contributed by atoms with Crippen LogP contribution >= 0.6 is 0 Å². The maximum absolute atomic E-state index is 11.8. The third-order valence-corrected chi connectivity index (χ3v) is 3.09. The molecule has 0 spiro atoms. The van der Waals surface area contributed by atoms with Crippen molar-refractivity contribution in [2.75, 3.05) is 0 Å². The van der Waals surface area contributed by atoms with Crippen molar-refractivity contribution >= 4 is 11.9 Å². The van der Waals surface area contributed by atoms with Crippen LogP contribution in [0.5, 0.6) is 0 Å². The molecule has 0 amide bonds. The number of carbonyl (C=O) groups is 2. The molecule has 0 rings (SSSR count). The van der Waals surface area contributed by atoms with E-state index < -0.39 is 18.1 Å². The van der Waals surface area contributed by atoms with E-state index in [1.54, 1.807) is 6.92 Å². The summed E-state index contributed by atoms with van der Waals surface area (Å²) in [6, 6.07) is -1.37. The van der Waals surface area contributed by atoms with Crippen LogP contribution in [0.15, 0.2) is 0 Å². The Bertz CT molecular complexity index is 281. The van der Waals surface area contributed by atoms with Crippen LogP contribution in [0.1, 0.15) is 59.8 Å². The summed E-state index contributed by atoms with van der Waals surface area (Å²) in [4.78, 5) is 22.5. The first-order valence-electron chi connectivity index (χ1n) is 7.11. The van der Waals surface area contributed by atoms with Crippen molar-refractivity contribution in [3.05, 3.63) is 0 Å². The number of hydrogen-bond acceptors (Lipinski definition) is 4. The lowest BCUT2D eigenvalue weighted by Crippen LogP contribution is -2.45. The highest BCUT2D eigenvalue weighted by Crippen LogP contribution is 2.11. The first kappa shape index (κ1) is 17.9. The molecule has 0 aromatic carbocycles. The summed E-state index contributed by atoms with van der Waals surface area (Å²) in [6.07, 6.45) is 4.92. The Balaban J connectivity index is 4.13. The Morgan fingerprint density at radius 1 is 1.16 bits per heavy atom. The second-order valence-electron chi connectivity index (χ2n) is 4.91. The normalized spacial score (nSPS) is 15.6. The fraction of sp³-hybridized carbons (Fsp3) is 0.857. The zero-order valence-corrected chi connectivity index (χ0v) is 12.4. The molecule has 0 bridgehead atoms. The van der Waals surface area contributed by atoms with Gasteiger partial charge in [0.15, 0.2) is 0 Å². The molecule has 0 aliphatic carbocycles. The summed E-state index contributed by atoms with van der Waals surface area (Å²) in [5, 5.41) is 11.5. The molecule has 0 aromatic rings. The van der Waals surface area contributed by atoms with Crippen LogP contribution in [-0.2, 0) is 14.3 Å². The minimum Gasteiger partial charge on any atom is -0.480 e. The van der Waals surface area contributed by atoms with E-state index in [2.05, 4.69) is 12.2 Å². The summed E-state index contributed by atoms with van der Waals surface area (Å²) in [5.74, 6) is -1.36. The molecular formula is C14H27NO4. The number of aliphatic carboxylic acids is 1. The van der Waals surface area contributed by atoms with E-state index in [4.69, 9.17) is 9.84 Å². The molecule has 3 unspecified atom stereocenters. The smallest absolute Gasteiger partial charge is 0.323 e. The van der Waals surface area contributed by atoms with E-state index in [0.717, 1.165) is 32.1 Å². The lowest BCUT2D eigenvalue weighted by Gasteiger charge is -2.21. The first-order chi connectivity index (χ1) is 8.92. The topological polar surface area (TPSA) is 75.6 Å². The van der Waals surface area contributed by atoms with E-state index in [9.17, 15) is 9.59 Å². The van der Waals surface area contributed by atoms with Crippen molar-refractivity contribution in [2.45, 2.75) is 78.0 Å². The molecule has 0 saturated carbocycles.